The third-order valence-corrected chi connectivity index (χ3v) is 2.99. The first-order valence-electron chi connectivity index (χ1n) is 5.69. The summed E-state index contributed by atoms with van der Waals surface area (Å²) in [6, 6.07) is 8.18. The van der Waals surface area contributed by atoms with Gasteiger partial charge in [-0.3, -0.25) is 4.79 Å². The quantitative estimate of drug-likeness (QED) is 0.793. The summed E-state index contributed by atoms with van der Waals surface area (Å²) in [4.78, 5) is 11.8. The number of fused-ring (bicyclic) bond motifs is 1. The van der Waals surface area contributed by atoms with Gasteiger partial charge in [0.2, 0.25) is 5.91 Å². The molecule has 0 saturated heterocycles. The summed E-state index contributed by atoms with van der Waals surface area (Å²) in [5, 5.41) is 11.9. The van der Waals surface area contributed by atoms with Crippen molar-refractivity contribution in [3.05, 3.63) is 35.4 Å². The van der Waals surface area contributed by atoms with Crippen LogP contribution in [0.3, 0.4) is 0 Å². The molecule has 1 amide bonds. The zero-order valence-electron chi connectivity index (χ0n) is 9.44. The molecule has 0 heterocycles. The number of benzene rings is 1. The average Bonchev–Trinajstić information content (AvgIpc) is 2.69. The van der Waals surface area contributed by atoms with Gasteiger partial charge in [-0.1, -0.05) is 24.3 Å². The Morgan fingerprint density at radius 3 is 2.50 bits per heavy atom. The molecule has 0 aromatic heterocycles. The lowest BCUT2D eigenvalue weighted by molar-refractivity contribution is -0.125. The second-order valence-electron chi connectivity index (χ2n) is 4.47. The molecule has 0 aliphatic heterocycles. The second kappa shape index (κ2) is 4.66. The van der Waals surface area contributed by atoms with Crippen molar-refractivity contribution in [1.82, 2.24) is 5.32 Å². The topological polar surface area (TPSA) is 49.3 Å². The van der Waals surface area contributed by atoms with Gasteiger partial charge in [-0.15, -0.1) is 0 Å². The van der Waals surface area contributed by atoms with E-state index in [1.165, 1.54) is 11.1 Å². The Balaban J connectivity index is 1.93. The second-order valence-corrected chi connectivity index (χ2v) is 4.47. The summed E-state index contributed by atoms with van der Waals surface area (Å²) in [6.45, 7) is 2.01. The van der Waals surface area contributed by atoms with Crippen molar-refractivity contribution in [2.24, 2.45) is 5.92 Å². The van der Waals surface area contributed by atoms with E-state index in [0.29, 0.717) is 6.54 Å². The number of aliphatic hydroxyl groups excluding tert-OH is 1. The van der Waals surface area contributed by atoms with E-state index in [-0.39, 0.29) is 11.8 Å². The number of carbonyl (C=O) groups excluding carboxylic acids is 1. The van der Waals surface area contributed by atoms with E-state index < -0.39 is 6.10 Å². The van der Waals surface area contributed by atoms with Crippen molar-refractivity contribution in [2.45, 2.75) is 25.9 Å². The molecule has 1 atom stereocenters. The molecule has 16 heavy (non-hydrogen) atoms. The molecular formula is C13H17NO2. The first-order chi connectivity index (χ1) is 7.66. The first kappa shape index (κ1) is 11.1. The number of carbonyl (C=O) groups is 1. The molecule has 3 nitrogen and oxygen atoms in total. The third-order valence-electron chi connectivity index (χ3n) is 2.99. The van der Waals surface area contributed by atoms with E-state index in [2.05, 4.69) is 17.4 Å². The van der Waals surface area contributed by atoms with Crippen molar-refractivity contribution >= 4 is 5.91 Å². The fraction of sp³-hybridized carbons (Fsp3) is 0.462. The normalized spacial score (nSPS) is 16.9. The van der Waals surface area contributed by atoms with Crippen LogP contribution in [0.2, 0.25) is 0 Å². The average molecular weight is 219 g/mol. The van der Waals surface area contributed by atoms with Gasteiger partial charge >= 0.3 is 0 Å². The number of aliphatic hydroxyl groups is 1. The predicted molar refractivity (Wildman–Crippen MR) is 62.0 cm³/mol. The largest absolute Gasteiger partial charge is 0.392 e. The maximum Gasteiger partial charge on any atom is 0.223 e. The Morgan fingerprint density at radius 1 is 1.44 bits per heavy atom. The van der Waals surface area contributed by atoms with Crippen LogP contribution in [-0.4, -0.2) is 23.7 Å². The van der Waals surface area contributed by atoms with E-state index in [1.807, 2.05) is 12.1 Å². The number of nitrogens with one attached hydrogen (secondary N) is 1. The van der Waals surface area contributed by atoms with E-state index in [4.69, 9.17) is 5.11 Å². The minimum absolute atomic E-state index is 0.0381. The summed E-state index contributed by atoms with van der Waals surface area (Å²) in [7, 11) is 0. The Bertz CT molecular complexity index is 362. The highest BCUT2D eigenvalue weighted by Gasteiger charge is 2.26. The van der Waals surface area contributed by atoms with Gasteiger partial charge in [-0.2, -0.15) is 0 Å². The fourth-order valence-electron chi connectivity index (χ4n) is 2.14. The van der Waals surface area contributed by atoms with Crippen LogP contribution in [0.25, 0.3) is 0 Å². The smallest absolute Gasteiger partial charge is 0.223 e. The lowest BCUT2D eigenvalue weighted by Crippen LogP contribution is -2.35. The molecule has 3 heteroatoms. The van der Waals surface area contributed by atoms with E-state index in [0.717, 1.165) is 12.8 Å². The van der Waals surface area contributed by atoms with E-state index in [9.17, 15) is 4.79 Å². The van der Waals surface area contributed by atoms with Crippen molar-refractivity contribution < 1.29 is 9.90 Å². The number of hydrogen-bond donors (Lipinski definition) is 2. The lowest BCUT2D eigenvalue weighted by Gasteiger charge is -2.11. The maximum absolute atomic E-state index is 11.8. The Kier molecular flexibility index (Phi) is 3.25. The van der Waals surface area contributed by atoms with Crippen molar-refractivity contribution in [3.63, 3.8) is 0 Å². The van der Waals surface area contributed by atoms with Crippen LogP contribution in [-0.2, 0) is 17.6 Å². The summed E-state index contributed by atoms with van der Waals surface area (Å²) < 4.78 is 0. The van der Waals surface area contributed by atoms with Gasteiger partial charge in [-0.25, -0.2) is 0 Å². The molecule has 1 aliphatic carbocycles. The highest BCUT2D eigenvalue weighted by molar-refractivity contribution is 5.80. The van der Waals surface area contributed by atoms with Crippen molar-refractivity contribution in [1.29, 1.82) is 0 Å². The number of rotatable bonds is 3. The Hall–Kier alpha value is -1.35. The molecule has 86 valence electrons. The van der Waals surface area contributed by atoms with Crippen molar-refractivity contribution in [3.8, 4) is 0 Å². The zero-order valence-corrected chi connectivity index (χ0v) is 9.44. The molecule has 0 bridgehead atoms. The summed E-state index contributed by atoms with van der Waals surface area (Å²) in [6.07, 6.45) is 1.16. The molecule has 1 aromatic carbocycles. The predicted octanol–water partition coefficient (Wildman–Crippen LogP) is 0.898. The van der Waals surface area contributed by atoms with Gasteiger partial charge in [0.25, 0.3) is 0 Å². The third kappa shape index (κ3) is 2.42. The van der Waals surface area contributed by atoms with Crippen LogP contribution in [0.5, 0.6) is 0 Å². The van der Waals surface area contributed by atoms with Gasteiger partial charge in [0.1, 0.15) is 0 Å². The highest BCUT2D eigenvalue weighted by atomic mass is 16.3. The molecule has 0 saturated carbocycles. The van der Waals surface area contributed by atoms with E-state index >= 15 is 0 Å². The van der Waals surface area contributed by atoms with Crippen LogP contribution in [0.4, 0.5) is 0 Å². The molecular weight excluding hydrogens is 202 g/mol. The van der Waals surface area contributed by atoms with Crippen LogP contribution in [0, 0.1) is 5.92 Å². The number of amides is 1. The maximum atomic E-state index is 11.8. The molecule has 1 aromatic rings. The number of hydrogen-bond acceptors (Lipinski definition) is 2. The van der Waals surface area contributed by atoms with Crippen LogP contribution < -0.4 is 5.32 Å². The van der Waals surface area contributed by atoms with Gasteiger partial charge in [0.05, 0.1) is 6.10 Å². The zero-order chi connectivity index (χ0) is 11.5. The minimum Gasteiger partial charge on any atom is -0.392 e. The molecule has 2 N–H and O–H groups in total. The molecule has 0 spiro atoms. The Morgan fingerprint density at radius 2 is 2.00 bits per heavy atom. The minimum atomic E-state index is -0.479. The first-order valence-corrected chi connectivity index (χ1v) is 5.69. The lowest BCUT2D eigenvalue weighted by atomic mass is 10.1. The highest BCUT2D eigenvalue weighted by Crippen LogP contribution is 2.26. The summed E-state index contributed by atoms with van der Waals surface area (Å²) >= 11 is 0. The van der Waals surface area contributed by atoms with Gasteiger partial charge < -0.3 is 10.4 Å². The molecule has 2 rings (SSSR count). The van der Waals surface area contributed by atoms with Crippen LogP contribution in [0.15, 0.2) is 24.3 Å². The Labute approximate surface area is 95.5 Å². The van der Waals surface area contributed by atoms with Gasteiger partial charge in [0, 0.05) is 12.5 Å². The fourth-order valence-corrected chi connectivity index (χ4v) is 2.14. The monoisotopic (exact) mass is 219 g/mol. The van der Waals surface area contributed by atoms with Crippen molar-refractivity contribution in [2.75, 3.05) is 6.54 Å². The van der Waals surface area contributed by atoms with Gasteiger partial charge in [0.15, 0.2) is 0 Å². The molecule has 0 radical (unpaired) electrons. The SMILES string of the molecule is CC(O)CNC(=O)C1Cc2ccccc2C1. The van der Waals surface area contributed by atoms with Crippen LogP contribution in [0.1, 0.15) is 18.1 Å². The molecule has 1 unspecified atom stereocenters. The molecule has 1 aliphatic rings. The van der Waals surface area contributed by atoms with E-state index in [1.54, 1.807) is 6.92 Å². The van der Waals surface area contributed by atoms with Gasteiger partial charge in [-0.05, 0) is 30.9 Å². The summed E-state index contributed by atoms with van der Waals surface area (Å²) in [5.41, 5.74) is 2.55. The molecule has 0 fully saturated rings. The van der Waals surface area contributed by atoms with Crippen LogP contribution >= 0.6 is 0 Å². The standard InChI is InChI=1S/C13H17NO2/c1-9(15)8-14-13(16)12-6-10-4-2-3-5-11(10)7-12/h2-5,9,12,15H,6-8H2,1H3,(H,14,16). The summed E-state index contributed by atoms with van der Waals surface area (Å²) in [5.74, 6) is 0.0910.